The fourth-order valence-corrected chi connectivity index (χ4v) is 9.34. The highest BCUT2D eigenvalue weighted by molar-refractivity contribution is 6.26. The Morgan fingerprint density at radius 3 is 2.39 bits per heavy atom. The summed E-state index contributed by atoms with van der Waals surface area (Å²) in [6.45, 7) is 1.06. The number of carbonyl (C=O) groups excluding carboxylic acids is 7. The van der Waals surface area contributed by atoms with Crippen molar-refractivity contribution in [2.24, 2.45) is 23.7 Å². The second kappa shape index (κ2) is 15.0. The third-order valence-electron chi connectivity index (χ3n) is 12.2. The summed E-state index contributed by atoms with van der Waals surface area (Å²) < 4.78 is 7.50. The molecule has 1 saturated carbocycles. The minimum absolute atomic E-state index is 0.0396. The van der Waals surface area contributed by atoms with Crippen molar-refractivity contribution in [3.63, 3.8) is 0 Å². The molecule has 5 heterocycles. The maximum absolute atomic E-state index is 13.4. The zero-order chi connectivity index (χ0) is 41.9. The van der Waals surface area contributed by atoms with Crippen molar-refractivity contribution < 1.29 is 38.3 Å². The zero-order valence-electron chi connectivity index (χ0n) is 32.4. The highest BCUT2D eigenvalue weighted by Crippen LogP contribution is 2.53. The Bertz CT molecular complexity index is 2720. The van der Waals surface area contributed by atoms with Gasteiger partial charge in [0.05, 0.1) is 65.8 Å². The van der Waals surface area contributed by atoms with Gasteiger partial charge >= 0.3 is 0 Å². The van der Waals surface area contributed by atoms with Gasteiger partial charge in [-0.05, 0) is 78.8 Å². The number of ether oxygens (including phenoxy) is 1. The first-order valence-corrected chi connectivity index (χ1v) is 20.0. The van der Waals surface area contributed by atoms with Gasteiger partial charge in [0.25, 0.3) is 17.7 Å². The highest BCUT2D eigenvalue weighted by Gasteiger charge is 2.59. The van der Waals surface area contributed by atoms with Gasteiger partial charge in [0.1, 0.15) is 11.7 Å². The molecule has 3 N–H and O–H groups in total. The number of para-hydroxylation sites is 1. The van der Waals surface area contributed by atoms with Gasteiger partial charge in [0.15, 0.2) is 0 Å². The quantitative estimate of drug-likeness (QED) is 0.0938. The molecule has 2 saturated heterocycles. The van der Waals surface area contributed by atoms with E-state index in [1.165, 1.54) is 11.0 Å². The van der Waals surface area contributed by atoms with E-state index in [1.54, 1.807) is 59.5 Å². The van der Waals surface area contributed by atoms with Crippen LogP contribution in [0.3, 0.4) is 0 Å². The van der Waals surface area contributed by atoms with E-state index in [9.17, 15) is 33.6 Å². The summed E-state index contributed by atoms with van der Waals surface area (Å²) in [5.41, 5.74) is 4.19. The number of benzene rings is 3. The van der Waals surface area contributed by atoms with Crippen LogP contribution in [0.4, 0.5) is 17.1 Å². The lowest BCUT2D eigenvalue weighted by Crippen LogP contribution is -2.54. The van der Waals surface area contributed by atoms with E-state index in [-0.39, 0.29) is 78.6 Å². The minimum Gasteiger partial charge on any atom is -0.382 e. The van der Waals surface area contributed by atoms with E-state index < -0.39 is 29.7 Å². The molecule has 2 aliphatic carbocycles. The van der Waals surface area contributed by atoms with Crippen molar-refractivity contribution in [2.45, 2.75) is 38.5 Å². The maximum Gasteiger partial charge on any atom is 0.264 e. The Kier molecular flexibility index (Phi) is 9.31. The lowest BCUT2D eigenvalue weighted by Gasteiger charge is -2.27. The number of amides is 7. The summed E-state index contributed by atoms with van der Waals surface area (Å²) >= 11 is 0. The lowest BCUT2D eigenvalue weighted by atomic mass is 9.85. The maximum atomic E-state index is 13.4. The number of fused-ring (bicyclic) bond motifs is 7. The number of rotatable bonds is 12. The first-order valence-electron chi connectivity index (χ1n) is 20.0. The van der Waals surface area contributed by atoms with Gasteiger partial charge in [-0.1, -0.05) is 35.6 Å². The lowest BCUT2D eigenvalue weighted by molar-refractivity contribution is -0.136. The molecule has 10 rings (SSSR count). The number of nitrogens with zero attached hydrogens (tertiary/aromatic N) is 6. The average Bonchev–Trinajstić information content (AvgIpc) is 4.09. The molecular formula is C44H37N9O8. The molecule has 3 aromatic carbocycles. The van der Waals surface area contributed by atoms with E-state index in [0.717, 1.165) is 22.3 Å². The van der Waals surface area contributed by atoms with Crippen molar-refractivity contribution in [2.75, 3.05) is 28.7 Å². The first kappa shape index (κ1) is 37.8. The number of imide groups is 3. The molecule has 4 unspecified atom stereocenters. The third-order valence-corrected chi connectivity index (χ3v) is 12.2. The number of pyridine rings is 1. The standard InChI is InChI=1S/C44H37N9O8/c54-34-14-13-33(40(56)48-34)53-41(57)30-4-2-5-31(37(30)44(53)60)45-17-18-61-22-27-21-51(50-49-27)20-26-15-16-46-38-29(26)3-1-6-32(38)47-39(55)23-9-11-28(12-10-23)52-42(58)35-24-7-8-25(19-24)36(35)43(52)59/h1-12,15-16,21,24-25,33,35-36,45H,13-14,17-20,22H2,(H,47,55)(H,48,54,56)/t24-,25?,33?,35?,36?/m0/s1. The van der Waals surface area contributed by atoms with Crippen molar-refractivity contribution in [1.29, 1.82) is 0 Å². The summed E-state index contributed by atoms with van der Waals surface area (Å²) in [5, 5.41) is 17.6. The summed E-state index contributed by atoms with van der Waals surface area (Å²) in [5.74, 6) is -3.34. The molecule has 17 nitrogen and oxygen atoms in total. The van der Waals surface area contributed by atoms with Crippen molar-refractivity contribution in [3.05, 3.63) is 119 Å². The van der Waals surface area contributed by atoms with Crippen LogP contribution in [0, 0.1) is 23.7 Å². The number of piperidine rings is 1. The fraction of sp³-hybridized carbons (Fsp3) is 0.273. The molecule has 3 fully saturated rings. The zero-order valence-corrected chi connectivity index (χ0v) is 32.4. The molecule has 2 aromatic heterocycles. The number of hydrogen-bond acceptors (Lipinski definition) is 12. The largest absolute Gasteiger partial charge is 0.382 e. The van der Waals surface area contributed by atoms with Crippen LogP contribution in [-0.2, 0) is 37.1 Å². The molecule has 7 amide bonds. The predicted molar refractivity (Wildman–Crippen MR) is 217 cm³/mol. The van der Waals surface area contributed by atoms with Crippen molar-refractivity contribution in [3.8, 4) is 0 Å². The number of hydrogen-bond donors (Lipinski definition) is 3. The van der Waals surface area contributed by atoms with Gasteiger partial charge in [-0.25, -0.2) is 4.68 Å². The number of anilines is 3. The van der Waals surface area contributed by atoms with Crippen LogP contribution >= 0.6 is 0 Å². The highest BCUT2D eigenvalue weighted by atomic mass is 16.5. The smallest absolute Gasteiger partial charge is 0.264 e. The molecule has 306 valence electrons. The Balaban J connectivity index is 0.737. The number of nitrogens with one attached hydrogen (secondary N) is 3. The van der Waals surface area contributed by atoms with Crippen LogP contribution in [0.2, 0.25) is 0 Å². The Labute approximate surface area is 347 Å². The molecule has 0 spiro atoms. The van der Waals surface area contributed by atoms with Crippen LogP contribution < -0.4 is 20.9 Å². The Hall–Kier alpha value is -7.40. The summed E-state index contributed by atoms with van der Waals surface area (Å²) in [6.07, 6.45) is 8.52. The Morgan fingerprint density at radius 1 is 0.869 bits per heavy atom. The van der Waals surface area contributed by atoms with Crippen LogP contribution in [0.5, 0.6) is 0 Å². The van der Waals surface area contributed by atoms with Crippen molar-refractivity contribution >= 4 is 69.3 Å². The molecule has 17 heteroatoms. The third kappa shape index (κ3) is 6.53. The SMILES string of the molecule is O=C1CCC(N2C(=O)c3cccc(NCCOCc4cn(Cc5ccnc6c(NC(=O)c7ccc(N8C(=O)C9C%10C=C[C@@H](C%10)C9C8=O)cc7)cccc56)nn4)c3C2=O)C(=O)N1. The average molecular weight is 820 g/mol. The normalized spacial score (nSPS) is 22.7. The van der Waals surface area contributed by atoms with Crippen LogP contribution in [0.25, 0.3) is 10.9 Å². The molecule has 61 heavy (non-hydrogen) atoms. The number of allylic oxidation sites excluding steroid dienone is 2. The van der Waals surface area contributed by atoms with Gasteiger partial charge in [-0.15, -0.1) is 5.10 Å². The summed E-state index contributed by atoms with van der Waals surface area (Å²) in [6, 6.07) is 17.7. The van der Waals surface area contributed by atoms with Gasteiger partial charge in [0, 0.05) is 35.8 Å². The molecule has 0 radical (unpaired) electrons. The molecule has 5 aromatic rings. The van der Waals surface area contributed by atoms with Crippen LogP contribution in [0.1, 0.15) is 61.6 Å². The molecule has 3 aliphatic heterocycles. The topological polar surface area (TPSA) is 215 Å². The van der Waals surface area contributed by atoms with Gasteiger partial charge in [0.2, 0.25) is 23.6 Å². The molecule has 5 atom stereocenters. The van der Waals surface area contributed by atoms with E-state index in [2.05, 4.69) is 43.4 Å². The number of carbonyl (C=O) groups is 7. The number of aromatic nitrogens is 4. The molecule has 5 aliphatic rings. The second-order valence-corrected chi connectivity index (χ2v) is 15.7. The monoisotopic (exact) mass is 819 g/mol. The van der Waals surface area contributed by atoms with Crippen LogP contribution in [-0.4, -0.2) is 85.4 Å². The van der Waals surface area contributed by atoms with Crippen molar-refractivity contribution in [1.82, 2.24) is 30.2 Å². The fourth-order valence-electron chi connectivity index (χ4n) is 9.34. The summed E-state index contributed by atoms with van der Waals surface area (Å²) in [4.78, 5) is 97.2. The Morgan fingerprint density at radius 2 is 1.62 bits per heavy atom. The van der Waals surface area contributed by atoms with Crippen LogP contribution in [0.15, 0.2) is 91.3 Å². The van der Waals surface area contributed by atoms with Gasteiger partial charge in [-0.2, -0.15) is 0 Å². The predicted octanol–water partition coefficient (Wildman–Crippen LogP) is 3.47. The molecular weight excluding hydrogens is 783 g/mol. The first-order chi connectivity index (χ1) is 29.6. The van der Waals surface area contributed by atoms with E-state index in [1.807, 2.05) is 18.2 Å². The van der Waals surface area contributed by atoms with E-state index in [0.29, 0.717) is 46.9 Å². The minimum atomic E-state index is -1.05. The van der Waals surface area contributed by atoms with E-state index in [4.69, 9.17) is 4.74 Å². The van der Waals surface area contributed by atoms with Gasteiger partial charge < -0.3 is 15.4 Å². The summed E-state index contributed by atoms with van der Waals surface area (Å²) in [7, 11) is 0. The second-order valence-electron chi connectivity index (χ2n) is 15.7. The van der Waals surface area contributed by atoms with E-state index >= 15 is 0 Å². The molecule has 2 bridgehead atoms. The van der Waals surface area contributed by atoms with Gasteiger partial charge in [-0.3, -0.25) is 53.7 Å².